The maximum atomic E-state index is 12.3. The van der Waals surface area contributed by atoms with Crippen molar-refractivity contribution in [2.24, 2.45) is 0 Å². The van der Waals surface area contributed by atoms with Gasteiger partial charge in [-0.15, -0.1) is 0 Å². The van der Waals surface area contributed by atoms with Crippen LogP contribution < -0.4 is 0 Å². The summed E-state index contributed by atoms with van der Waals surface area (Å²) in [6.07, 6.45) is 0. The average Bonchev–Trinajstić information content (AvgIpc) is 2.01. The van der Waals surface area contributed by atoms with Gasteiger partial charge in [-0.05, 0) is 45.2 Å². The predicted octanol–water partition coefficient (Wildman–Crippen LogP) is 4.06. The molecule has 0 fully saturated rings. The Morgan fingerprint density at radius 2 is 1.92 bits per heavy atom. The zero-order valence-electron chi connectivity index (χ0n) is 8.20. The van der Waals surface area contributed by atoms with E-state index in [0.29, 0.717) is 0 Å². The van der Waals surface area contributed by atoms with E-state index in [1.807, 2.05) is 18.2 Å². The Morgan fingerprint density at radius 1 is 1.31 bits per heavy atom. The quantitative estimate of drug-likeness (QED) is 0.685. The molecule has 0 amide bonds. The first kappa shape index (κ1) is 11.0. The topological polar surface area (TPSA) is 0 Å². The highest BCUT2D eigenvalue weighted by Gasteiger charge is 2.16. The van der Waals surface area contributed by atoms with Crippen LogP contribution in [0.4, 0.5) is 4.39 Å². The third kappa shape index (κ3) is 2.66. The summed E-state index contributed by atoms with van der Waals surface area (Å²) in [7, 11) is 0. The Morgan fingerprint density at radius 3 is 2.31 bits per heavy atom. The molecule has 0 radical (unpaired) electrons. The third-order valence-electron chi connectivity index (χ3n) is 2.00. The monoisotopic (exact) mass is 292 g/mol. The number of rotatable bonds is 1. The molecule has 0 saturated heterocycles. The molecule has 1 aromatic rings. The number of halogens is 2. The second-order valence-corrected chi connectivity index (χ2v) is 5.36. The summed E-state index contributed by atoms with van der Waals surface area (Å²) in [6.45, 7) is 6.12. The highest BCUT2D eigenvalue weighted by molar-refractivity contribution is 14.1. The minimum Gasteiger partial charge on any atom is -0.246 e. The van der Waals surface area contributed by atoms with Gasteiger partial charge in [-0.2, -0.15) is 0 Å². The summed E-state index contributed by atoms with van der Waals surface area (Å²) in [5, 5.41) is 0. The van der Waals surface area contributed by atoms with Crippen molar-refractivity contribution in [3.8, 4) is 0 Å². The molecule has 0 nitrogen and oxygen atoms in total. The summed E-state index contributed by atoms with van der Waals surface area (Å²) in [6, 6.07) is 5.81. The van der Waals surface area contributed by atoms with Crippen molar-refractivity contribution in [3.05, 3.63) is 32.9 Å². The maximum absolute atomic E-state index is 12.3. The zero-order valence-corrected chi connectivity index (χ0v) is 10.4. The van der Waals surface area contributed by atoms with Gasteiger partial charge in [-0.25, -0.2) is 4.39 Å². The molecule has 0 unspecified atom stereocenters. The Balaban J connectivity index is 3.13. The molecule has 1 aromatic carbocycles. The normalized spacial score (nSPS) is 11.8. The molecule has 0 bridgehead atoms. The van der Waals surface area contributed by atoms with Crippen molar-refractivity contribution in [2.75, 3.05) is 0 Å². The van der Waals surface area contributed by atoms with Crippen molar-refractivity contribution in [1.82, 2.24) is 0 Å². The van der Waals surface area contributed by atoms with E-state index in [-0.39, 0.29) is 12.1 Å². The molecule has 0 heterocycles. The largest absolute Gasteiger partial charge is 0.246 e. The van der Waals surface area contributed by atoms with Gasteiger partial charge in [-0.1, -0.05) is 32.9 Å². The molecule has 13 heavy (non-hydrogen) atoms. The van der Waals surface area contributed by atoms with Crippen LogP contribution in [0.1, 0.15) is 31.9 Å². The minimum atomic E-state index is -0.375. The van der Waals surface area contributed by atoms with Crippen LogP contribution in [0.25, 0.3) is 0 Å². The zero-order chi connectivity index (χ0) is 10.1. The number of alkyl halides is 1. The van der Waals surface area contributed by atoms with Crippen LogP contribution >= 0.6 is 22.6 Å². The Kier molecular flexibility index (Phi) is 3.33. The third-order valence-corrected chi connectivity index (χ3v) is 2.89. The SMILES string of the molecule is CC(C)(C)c1ccc(CF)cc1I. The van der Waals surface area contributed by atoms with Gasteiger partial charge in [0.15, 0.2) is 0 Å². The summed E-state index contributed by atoms with van der Waals surface area (Å²) >= 11 is 2.27. The second-order valence-electron chi connectivity index (χ2n) is 4.20. The van der Waals surface area contributed by atoms with E-state index in [0.717, 1.165) is 9.13 Å². The molecule has 2 heteroatoms. The molecule has 0 saturated carbocycles. The molecular formula is C11H14FI. The van der Waals surface area contributed by atoms with E-state index in [1.165, 1.54) is 5.56 Å². The summed E-state index contributed by atoms with van der Waals surface area (Å²) < 4.78 is 13.5. The van der Waals surface area contributed by atoms with Gasteiger partial charge >= 0.3 is 0 Å². The van der Waals surface area contributed by atoms with Crippen LogP contribution in [0, 0.1) is 3.57 Å². The molecule has 0 aliphatic rings. The molecular weight excluding hydrogens is 278 g/mol. The fourth-order valence-electron chi connectivity index (χ4n) is 1.25. The Bertz CT molecular complexity index is 299. The van der Waals surface area contributed by atoms with Crippen molar-refractivity contribution < 1.29 is 4.39 Å². The average molecular weight is 292 g/mol. The van der Waals surface area contributed by atoms with E-state index >= 15 is 0 Å². The van der Waals surface area contributed by atoms with E-state index in [2.05, 4.69) is 43.4 Å². The van der Waals surface area contributed by atoms with Crippen molar-refractivity contribution >= 4 is 22.6 Å². The fourth-order valence-corrected chi connectivity index (χ4v) is 2.64. The Labute approximate surface area is 92.7 Å². The van der Waals surface area contributed by atoms with Gasteiger partial charge in [0.2, 0.25) is 0 Å². The number of hydrogen-bond donors (Lipinski definition) is 0. The van der Waals surface area contributed by atoms with Gasteiger partial charge < -0.3 is 0 Å². The van der Waals surface area contributed by atoms with E-state index in [9.17, 15) is 4.39 Å². The van der Waals surface area contributed by atoms with Gasteiger partial charge in [0.1, 0.15) is 6.67 Å². The number of benzene rings is 1. The smallest absolute Gasteiger partial charge is 0.115 e. The van der Waals surface area contributed by atoms with Gasteiger partial charge in [0, 0.05) is 3.57 Å². The lowest BCUT2D eigenvalue weighted by Gasteiger charge is -2.21. The standard InChI is InChI=1S/C11H14FI/c1-11(2,3)9-5-4-8(7-12)6-10(9)13/h4-6H,7H2,1-3H3. The highest BCUT2D eigenvalue weighted by Crippen LogP contribution is 2.27. The second kappa shape index (κ2) is 3.95. The van der Waals surface area contributed by atoms with Crippen LogP contribution in [0.15, 0.2) is 18.2 Å². The predicted molar refractivity (Wildman–Crippen MR) is 62.7 cm³/mol. The lowest BCUT2D eigenvalue weighted by molar-refractivity contribution is 0.484. The van der Waals surface area contributed by atoms with Crippen molar-refractivity contribution in [3.63, 3.8) is 0 Å². The molecule has 72 valence electrons. The lowest BCUT2D eigenvalue weighted by Crippen LogP contribution is -2.13. The summed E-state index contributed by atoms with van der Waals surface area (Å²) in [4.78, 5) is 0. The number of hydrogen-bond acceptors (Lipinski definition) is 0. The van der Waals surface area contributed by atoms with Gasteiger partial charge in [0.25, 0.3) is 0 Å². The van der Waals surface area contributed by atoms with Crippen LogP contribution in [-0.4, -0.2) is 0 Å². The minimum absolute atomic E-state index is 0.144. The maximum Gasteiger partial charge on any atom is 0.115 e. The molecule has 0 aromatic heterocycles. The van der Waals surface area contributed by atoms with Gasteiger partial charge in [0.05, 0.1) is 0 Å². The van der Waals surface area contributed by atoms with E-state index < -0.39 is 0 Å². The van der Waals surface area contributed by atoms with Crippen LogP contribution in [0.2, 0.25) is 0 Å². The first-order valence-electron chi connectivity index (χ1n) is 4.30. The lowest BCUT2D eigenvalue weighted by atomic mass is 9.87. The molecule has 1 rings (SSSR count). The van der Waals surface area contributed by atoms with E-state index in [4.69, 9.17) is 0 Å². The Hall–Kier alpha value is -0.120. The van der Waals surface area contributed by atoms with Gasteiger partial charge in [-0.3, -0.25) is 0 Å². The fraction of sp³-hybridized carbons (Fsp3) is 0.455. The molecule has 0 N–H and O–H groups in total. The van der Waals surface area contributed by atoms with Crippen molar-refractivity contribution in [1.29, 1.82) is 0 Å². The molecule has 0 aliphatic carbocycles. The molecule has 0 atom stereocenters. The molecule has 0 spiro atoms. The first-order valence-corrected chi connectivity index (χ1v) is 5.38. The van der Waals surface area contributed by atoms with Crippen LogP contribution in [-0.2, 0) is 12.1 Å². The summed E-state index contributed by atoms with van der Waals surface area (Å²) in [5.41, 5.74) is 2.19. The van der Waals surface area contributed by atoms with Crippen LogP contribution in [0.5, 0.6) is 0 Å². The first-order chi connectivity index (χ1) is 5.95. The molecule has 0 aliphatic heterocycles. The summed E-state index contributed by atoms with van der Waals surface area (Å²) in [5.74, 6) is 0. The van der Waals surface area contributed by atoms with Crippen LogP contribution in [0.3, 0.4) is 0 Å². The van der Waals surface area contributed by atoms with Crippen molar-refractivity contribution in [2.45, 2.75) is 32.9 Å². The van der Waals surface area contributed by atoms with E-state index in [1.54, 1.807) is 0 Å². The highest BCUT2D eigenvalue weighted by atomic mass is 127.